The smallest absolute Gasteiger partial charge is 0.407 e. The Balaban J connectivity index is 1.79. The lowest BCUT2D eigenvalue weighted by molar-refractivity contribution is 0.0410. The summed E-state index contributed by atoms with van der Waals surface area (Å²) in [7, 11) is 0. The van der Waals surface area contributed by atoms with E-state index in [0.29, 0.717) is 5.92 Å². The first-order valence-corrected chi connectivity index (χ1v) is 8.09. The molecule has 1 N–H and O–H groups in total. The molecule has 1 aliphatic heterocycles. The molecule has 0 aromatic rings. The zero-order valence-electron chi connectivity index (χ0n) is 13.4. The van der Waals surface area contributed by atoms with E-state index in [9.17, 15) is 4.79 Å². The third-order valence-electron chi connectivity index (χ3n) is 4.53. The molecule has 2 fully saturated rings. The number of piperidine rings is 1. The molecule has 1 aliphatic carbocycles. The van der Waals surface area contributed by atoms with E-state index in [1.165, 1.54) is 38.6 Å². The average Bonchev–Trinajstić information content (AvgIpc) is 2.24. The van der Waals surface area contributed by atoms with Crippen molar-refractivity contribution < 1.29 is 9.53 Å². The Bertz CT molecular complexity index is 334. The van der Waals surface area contributed by atoms with Crippen LogP contribution in [-0.4, -0.2) is 41.8 Å². The number of hydrogen-bond acceptors (Lipinski definition) is 3. The molecule has 0 spiro atoms. The van der Waals surface area contributed by atoms with Crippen LogP contribution in [0.5, 0.6) is 0 Å². The number of nitrogens with zero attached hydrogens (tertiary/aromatic N) is 1. The lowest BCUT2D eigenvalue weighted by atomic mass is 9.86. The van der Waals surface area contributed by atoms with Crippen LogP contribution in [0, 0.1) is 5.92 Å². The van der Waals surface area contributed by atoms with Crippen molar-refractivity contribution in [1.29, 1.82) is 0 Å². The maximum Gasteiger partial charge on any atom is 0.407 e. The molecule has 2 aliphatic rings. The van der Waals surface area contributed by atoms with Gasteiger partial charge in [0.1, 0.15) is 5.60 Å². The first-order valence-electron chi connectivity index (χ1n) is 8.09. The van der Waals surface area contributed by atoms with Gasteiger partial charge in [-0.3, -0.25) is 0 Å². The third-order valence-corrected chi connectivity index (χ3v) is 4.53. The average molecular weight is 282 g/mol. The van der Waals surface area contributed by atoms with Crippen LogP contribution in [-0.2, 0) is 4.74 Å². The van der Waals surface area contributed by atoms with Gasteiger partial charge in [-0.25, -0.2) is 4.79 Å². The highest BCUT2D eigenvalue weighted by Crippen LogP contribution is 2.30. The Kier molecular flexibility index (Phi) is 4.95. The van der Waals surface area contributed by atoms with Gasteiger partial charge in [0.15, 0.2) is 0 Å². The predicted octanol–water partition coefficient (Wildman–Crippen LogP) is 3.16. The zero-order valence-corrected chi connectivity index (χ0v) is 13.4. The van der Waals surface area contributed by atoms with Crippen LogP contribution >= 0.6 is 0 Å². The van der Waals surface area contributed by atoms with E-state index >= 15 is 0 Å². The summed E-state index contributed by atoms with van der Waals surface area (Å²) in [6, 6.07) is 0.999. The van der Waals surface area contributed by atoms with E-state index in [2.05, 4.69) is 17.1 Å². The number of carbonyl (C=O) groups excluding carboxylic acids is 1. The minimum atomic E-state index is -0.422. The Morgan fingerprint density at radius 1 is 1.25 bits per heavy atom. The van der Waals surface area contributed by atoms with E-state index in [0.717, 1.165) is 12.6 Å². The molecular formula is C16H30N2O2. The summed E-state index contributed by atoms with van der Waals surface area (Å²) in [6.45, 7) is 10.2. The second-order valence-corrected chi connectivity index (χ2v) is 7.42. The van der Waals surface area contributed by atoms with Crippen LogP contribution in [0.1, 0.15) is 59.8 Å². The molecule has 0 aromatic heterocycles. The Morgan fingerprint density at radius 2 is 1.95 bits per heavy atom. The number of likely N-dealkylation sites (tertiary alicyclic amines) is 1. The zero-order chi connectivity index (χ0) is 14.8. The SMILES string of the molecule is C[C@@H](NC(=O)OC(C)(C)C)[C@@H]1CCCN(C2CCC2)C1. The largest absolute Gasteiger partial charge is 0.444 e. The molecule has 1 heterocycles. The molecule has 2 atom stereocenters. The summed E-state index contributed by atoms with van der Waals surface area (Å²) in [5.74, 6) is 0.553. The summed E-state index contributed by atoms with van der Waals surface area (Å²) < 4.78 is 5.34. The van der Waals surface area contributed by atoms with Gasteiger partial charge in [-0.15, -0.1) is 0 Å². The number of ether oxygens (including phenoxy) is 1. The van der Waals surface area contributed by atoms with Gasteiger partial charge in [0.05, 0.1) is 0 Å². The van der Waals surface area contributed by atoms with Crippen LogP contribution in [0.25, 0.3) is 0 Å². The fourth-order valence-electron chi connectivity index (χ4n) is 3.14. The van der Waals surface area contributed by atoms with Gasteiger partial charge in [-0.05, 0) is 65.8 Å². The molecule has 4 nitrogen and oxygen atoms in total. The molecule has 1 amide bonds. The number of rotatable bonds is 3. The van der Waals surface area contributed by atoms with E-state index in [1.54, 1.807) is 0 Å². The third kappa shape index (κ3) is 4.37. The van der Waals surface area contributed by atoms with Gasteiger partial charge >= 0.3 is 6.09 Å². The predicted molar refractivity (Wildman–Crippen MR) is 80.8 cm³/mol. The van der Waals surface area contributed by atoms with Crippen molar-refractivity contribution >= 4 is 6.09 Å². The van der Waals surface area contributed by atoms with Crippen molar-refractivity contribution in [3.63, 3.8) is 0 Å². The van der Waals surface area contributed by atoms with Crippen molar-refractivity contribution in [3.05, 3.63) is 0 Å². The molecule has 0 aromatic carbocycles. The highest BCUT2D eigenvalue weighted by Gasteiger charge is 2.32. The molecule has 0 bridgehead atoms. The van der Waals surface area contributed by atoms with Gasteiger partial charge in [0, 0.05) is 18.6 Å². The maximum absolute atomic E-state index is 11.8. The van der Waals surface area contributed by atoms with E-state index < -0.39 is 5.60 Å². The van der Waals surface area contributed by atoms with E-state index in [-0.39, 0.29) is 12.1 Å². The lowest BCUT2D eigenvalue weighted by Gasteiger charge is -2.43. The molecule has 1 saturated heterocycles. The minimum absolute atomic E-state index is 0.188. The number of alkyl carbamates (subject to hydrolysis) is 1. The maximum atomic E-state index is 11.8. The van der Waals surface area contributed by atoms with Gasteiger partial charge in [0.25, 0.3) is 0 Å². The topological polar surface area (TPSA) is 41.6 Å². The number of hydrogen-bond donors (Lipinski definition) is 1. The van der Waals surface area contributed by atoms with Crippen LogP contribution in [0.2, 0.25) is 0 Å². The molecular weight excluding hydrogens is 252 g/mol. The van der Waals surface area contributed by atoms with E-state index in [4.69, 9.17) is 4.74 Å². The Hall–Kier alpha value is -0.770. The molecule has 1 saturated carbocycles. The van der Waals surface area contributed by atoms with Crippen LogP contribution in [0.4, 0.5) is 4.79 Å². The lowest BCUT2D eigenvalue weighted by Crippen LogP contribution is -2.51. The normalized spacial score (nSPS) is 26.7. The summed E-state index contributed by atoms with van der Waals surface area (Å²) in [5.41, 5.74) is -0.422. The summed E-state index contributed by atoms with van der Waals surface area (Å²) in [6.07, 6.45) is 6.28. The molecule has 2 rings (SSSR count). The molecule has 20 heavy (non-hydrogen) atoms. The second kappa shape index (κ2) is 6.33. The van der Waals surface area contributed by atoms with Crippen LogP contribution in [0.15, 0.2) is 0 Å². The molecule has 4 heteroatoms. The fraction of sp³-hybridized carbons (Fsp3) is 0.938. The summed E-state index contributed by atoms with van der Waals surface area (Å²) in [5, 5.41) is 3.01. The van der Waals surface area contributed by atoms with Gasteiger partial charge in [0.2, 0.25) is 0 Å². The van der Waals surface area contributed by atoms with Gasteiger partial charge in [-0.1, -0.05) is 6.42 Å². The highest BCUT2D eigenvalue weighted by atomic mass is 16.6. The highest BCUT2D eigenvalue weighted by molar-refractivity contribution is 5.68. The first-order chi connectivity index (χ1) is 9.35. The fourth-order valence-corrected chi connectivity index (χ4v) is 3.14. The summed E-state index contributed by atoms with van der Waals surface area (Å²) in [4.78, 5) is 14.5. The molecule has 0 radical (unpaired) electrons. The molecule has 0 unspecified atom stereocenters. The van der Waals surface area contributed by atoms with Crippen molar-refractivity contribution in [1.82, 2.24) is 10.2 Å². The molecule has 116 valence electrons. The number of amides is 1. The quantitative estimate of drug-likeness (QED) is 0.864. The Morgan fingerprint density at radius 3 is 2.50 bits per heavy atom. The van der Waals surface area contributed by atoms with Crippen molar-refractivity contribution in [3.8, 4) is 0 Å². The minimum Gasteiger partial charge on any atom is -0.444 e. The second-order valence-electron chi connectivity index (χ2n) is 7.42. The van der Waals surface area contributed by atoms with Crippen molar-refractivity contribution in [2.24, 2.45) is 5.92 Å². The van der Waals surface area contributed by atoms with E-state index in [1.807, 2.05) is 20.8 Å². The summed E-state index contributed by atoms with van der Waals surface area (Å²) >= 11 is 0. The first kappa shape index (κ1) is 15.6. The van der Waals surface area contributed by atoms with Gasteiger partial charge < -0.3 is 15.0 Å². The standard InChI is InChI=1S/C16H30N2O2/c1-12(17-15(19)20-16(2,3)4)13-7-6-10-18(11-13)14-8-5-9-14/h12-14H,5-11H2,1-4H3,(H,17,19)/t12-,13-/m1/s1. The van der Waals surface area contributed by atoms with Gasteiger partial charge in [-0.2, -0.15) is 0 Å². The Labute approximate surface area is 123 Å². The number of nitrogens with one attached hydrogen (secondary N) is 1. The van der Waals surface area contributed by atoms with Crippen molar-refractivity contribution in [2.45, 2.75) is 77.5 Å². The van der Waals surface area contributed by atoms with Crippen LogP contribution < -0.4 is 5.32 Å². The van der Waals surface area contributed by atoms with Crippen LogP contribution in [0.3, 0.4) is 0 Å². The monoisotopic (exact) mass is 282 g/mol. The number of carbonyl (C=O) groups is 1. The van der Waals surface area contributed by atoms with Crippen molar-refractivity contribution in [2.75, 3.05) is 13.1 Å².